The molecule has 0 bridgehead atoms. The summed E-state index contributed by atoms with van der Waals surface area (Å²) in [5.41, 5.74) is 2.18. The van der Waals surface area contributed by atoms with E-state index in [9.17, 15) is 8.42 Å². The zero-order valence-corrected chi connectivity index (χ0v) is 18.7. The first kappa shape index (κ1) is 23.4. The highest BCUT2D eigenvalue weighted by molar-refractivity contribution is 14.0. The molecular formula is C19H27IN4O2S. The molecule has 0 fully saturated rings. The van der Waals surface area contributed by atoms with Crippen LogP contribution in [0, 0.1) is 0 Å². The molecule has 0 saturated heterocycles. The highest BCUT2D eigenvalue weighted by Gasteiger charge is 2.08. The molecule has 0 aromatic heterocycles. The van der Waals surface area contributed by atoms with Crippen LogP contribution in [0.1, 0.15) is 30.9 Å². The van der Waals surface area contributed by atoms with Gasteiger partial charge in [0.25, 0.3) is 0 Å². The van der Waals surface area contributed by atoms with Crippen LogP contribution in [0.4, 0.5) is 0 Å². The number of hydrogen-bond donors (Lipinski definition) is 3. The van der Waals surface area contributed by atoms with Gasteiger partial charge in [0.05, 0.1) is 11.4 Å². The van der Waals surface area contributed by atoms with Crippen molar-refractivity contribution >= 4 is 40.0 Å². The number of sulfonamides is 1. The average Bonchev–Trinajstić information content (AvgIpc) is 2.64. The summed E-state index contributed by atoms with van der Waals surface area (Å²) in [4.78, 5) is 4.66. The fourth-order valence-corrected chi connectivity index (χ4v) is 2.96. The summed E-state index contributed by atoms with van der Waals surface area (Å²) in [6.45, 7) is 6.15. The summed E-state index contributed by atoms with van der Waals surface area (Å²) in [6, 6.07) is 16.8. The summed E-state index contributed by atoms with van der Waals surface area (Å²) >= 11 is 0. The lowest BCUT2D eigenvalue weighted by atomic mass is 10.0. The molecule has 2 aromatic carbocycles. The largest absolute Gasteiger partial charge is 0.357 e. The highest BCUT2D eigenvalue weighted by atomic mass is 127. The minimum absolute atomic E-state index is 0. The zero-order chi connectivity index (χ0) is 19.0. The number of primary sulfonamides is 1. The Bertz CT molecular complexity index is 825. The van der Waals surface area contributed by atoms with Crippen molar-refractivity contribution in [3.05, 3.63) is 65.7 Å². The topological polar surface area (TPSA) is 96.6 Å². The Morgan fingerprint density at radius 1 is 1.07 bits per heavy atom. The SMILES string of the molecule is CCNC(=NCc1ccc(S(N)(=O)=O)cc1)NCC(C)c1ccccc1.I. The van der Waals surface area contributed by atoms with Crippen LogP contribution in [0.3, 0.4) is 0 Å². The molecule has 4 N–H and O–H groups in total. The smallest absolute Gasteiger partial charge is 0.238 e. The van der Waals surface area contributed by atoms with Crippen LogP contribution < -0.4 is 15.8 Å². The number of nitrogens with two attached hydrogens (primary N) is 1. The summed E-state index contributed by atoms with van der Waals surface area (Å²) < 4.78 is 22.6. The van der Waals surface area contributed by atoms with E-state index in [-0.39, 0.29) is 28.9 Å². The number of guanidine groups is 1. The molecule has 2 rings (SSSR count). The Morgan fingerprint density at radius 2 is 1.70 bits per heavy atom. The lowest BCUT2D eigenvalue weighted by molar-refractivity contribution is 0.598. The fraction of sp³-hybridized carbons (Fsp3) is 0.316. The molecule has 8 heteroatoms. The molecule has 0 aliphatic rings. The molecule has 0 aliphatic carbocycles. The summed E-state index contributed by atoms with van der Waals surface area (Å²) in [5, 5.41) is 11.7. The predicted molar refractivity (Wildman–Crippen MR) is 121 cm³/mol. The number of nitrogens with zero attached hydrogens (tertiary/aromatic N) is 1. The van der Waals surface area contributed by atoms with Gasteiger partial charge in [0.15, 0.2) is 5.96 Å². The van der Waals surface area contributed by atoms with Gasteiger partial charge in [-0.3, -0.25) is 0 Å². The Kier molecular flexibility index (Phi) is 9.75. The lowest BCUT2D eigenvalue weighted by Crippen LogP contribution is -2.39. The molecule has 6 nitrogen and oxygen atoms in total. The molecule has 0 radical (unpaired) electrons. The van der Waals surface area contributed by atoms with E-state index < -0.39 is 10.0 Å². The van der Waals surface area contributed by atoms with Crippen LogP contribution in [0.25, 0.3) is 0 Å². The van der Waals surface area contributed by atoms with Crippen LogP contribution in [0.15, 0.2) is 64.5 Å². The molecular weight excluding hydrogens is 475 g/mol. The maximum atomic E-state index is 11.3. The molecule has 0 amide bonds. The minimum Gasteiger partial charge on any atom is -0.357 e. The van der Waals surface area contributed by atoms with E-state index in [1.54, 1.807) is 12.1 Å². The highest BCUT2D eigenvalue weighted by Crippen LogP contribution is 2.13. The molecule has 1 atom stereocenters. The third-order valence-electron chi connectivity index (χ3n) is 3.96. The van der Waals surface area contributed by atoms with Crippen LogP contribution in [-0.2, 0) is 16.6 Å². The fourth-order valence-electron chi connectivity index (χ4n) is 2.45. The standard InChI is InChI=1S/C19H26N4O2S.HI/c1-3-21-19(22-13-15(2)17-7-5-4-6-8-17)23-14-16-9-11-18(12-10-16)26(20,24)25;/h4-12,15H,3,13-14H2,1-2H3,(H2,20,24,25)(H2,21,22,23);1H. The van der Waals surface area contributed by atoms with Crippen LogP contribution in [-0.4, -0.2) is 27.5 Å². The second kappa shape index (κ2) is 11.3. The molecule has 1 unspecified atom stereocenters. The number of benzene rings is 2. The summed E-state index contributed by atoms with van der Waals surface area (Å²) in [7, 11) is -3.66. The molecule has 0 heterocycles. The van der Waals surface area contributed by atoms with Gasteiger partial charge in [-0.2, -0.15) is 0 Å². The Balaban J connectivity index is 0.00000364. The Hall–Kier alpha value is -1.65. The van der Waals surface area contributed by atoms with Crippen molar-refractivity contribution < 1.29 is 8.42 Å². The third-order valence-corrected chi connectivity index (χ3v) is 4.89. The summed E-state index contributed by atoms with van der Waals surface area (Å²) in [5.74, 6) is 1.08. The van der Waals surface area contributed by atoms with E-state index in [4.69, 9.17) is 5.14 Å². The normalized spacial score (nSPS) is 12.8. The number of nitrogens with one attached hydrogen (secondary N) is 2. The number of aliphatic imine (C=N–C) groups is 1. The van der Waals surface area contributed by atoms with Crippen LogP contribution >= 0.6 is 24.0 Å². The van der Waals surface area contributed by atoms with Crippen molar-refractivity contribution in [2.24, 2.45) is 10.1 Å². The third kappa shape index (κ3) is 7.86. The van der Waals surface area contributed by atoms with Gasteiger partial charge in [-0.1, -0.05) is 49.4 Å². The van der Waals surface area contributed by atoms with Crippen molar-refractivity contribution in [2.45, 2.75) is 31.2 Å². The Labute approximate surface area is 178 Å². The quantitative estimate of drug-likeness (QED) is 0.308. The van der Waals surface area contributed by atoms with Gasteiger partial charge in [0.2, 0.25) is 10.0 Å². The summed E-state index contributed by atoms with van der Waals surface area (Å²) in [6.07, 6.45) is 0. The number of halogens is 1. The Morgan fingerprint density at radius 3 is 2.26 bits per heavy atom. The molecule has 0 saturated carbocycles. The van der Waals surface area contributed by atoms with Crippen molar-refractivity contribution in [3.8, 4) is 0 Å². The van der Waals surface area contributed by atoms with Gasteiger partial charge in [0.1, 0.15) is 0 Å². The minimum atomic E-state index is -3.66. The average molecular weight is 502 g/mol. The van der Waals surface area contributed by atoms with E-state index in [0.717, 1.165) is 24.6 Å². The first-order valence-electron chi connectivity index (χ1n) is 8.59. The van der Waals surface area contributed by atoms with Crippen molar-refractivity contribution in [1.29, 1.82) is 0 Å². The zero-order valence-electron chi connectivity index (χ0n) is 15.6. The van der Waals surface area contributed by atoms with Gasteiger partial charge in [0, 0.05) is 13.1 Å². The van der Waals surface area contributed by atoms with Crippen molar-refractivity contribution in [1.82, 2.24) is 10.6 Å². The van der Waals surface area contributed by atoms with Gasteiger partial charge in [-0.25, -0.2) is 18.5 Å². The van der Waals surface area contributed by atoms with E-state index in [0.29, 0.717) is 12.5 Å². The van der Waals surface area contributed by atoms with Gasteiger partial charge in [-0.05, 0) is 36.1 Å². The molecule has 148 valence electrons. The van der Waals surface area contributed by atoms with Crippen LogP contribution in [0.2, 0.25) is 0 Å². The van der Waals surface area contributed by atoms with Crippen molar-refractivity contribution in [2.75, 3.05) is 13.1 Å². The van der Waals surface area contributed by atoms with E-state index in [1.165, 1.54) is 17.7 Å². The van der Waals surface area contributed by atoms with Crippen LogP contribution in [0.5, 0.6) is 0 Å². The van der Waals surface area contributed by atoms with Gasteiger partial charge < -0.3 is 10.6 Å². The molecule has 0 aliphatic heterocycles. The first-order chi connectivity index (χ1) is 12.4. The lowest BCUT2D eigenvalue weighted by Gasteiger charge is -2.16. The molecule has 2 aromatic rings. The second-order valence-corrected chi connectivity index (χ2v) is 7.64. The van der Waals surface area contributed by atoms with Crippen molar-refractivity contribution in [3.63, 3.8) is 0 Å². The van der Waals surface area contributed by atoms with Gasteiger partial charge >= 0.3 is 0 Å². The maximum absolute atomic E-state index is 11.3. The second-order valence-electron chi connectivity index (χ2n) is 6.08. The van der Waals surface area contributed by atoms with Gasteiger partial charge in [-0.15, -0.1) is 24.0 Å². The number of rotatable bonds is 7. The molecule has 27 heavy (non-hydrogen) atoms. The van der Waals surface area contributed by atoms with E-state index in [1.807, 2.05) is 25.1 Å². The number of hydrogen-bond acceptors (Lipinski definition) is 3. The van der Waals surface area contributed by atoms with E-state index >= 15 is 0 Å². The maximum Gasteiger partial charge on any atom is 0.238 e. The molecule has 0 spiro atoms. The van der Waals surface area contributed by atoms with E-state index in [2.05, 4.69) is 34.7 Å². The predicted octanol–water partition coefficient (Wildman–Crippen LogP) is 2.81. The first-order valence-corrected chi connectivity index (χ1v) is 10.1. The monoisotopic (exact) mass is 502 g/mol.